The van der Waals surface area contributed by atoms with Gasteiger partial charge in [-0.2, -0.15) is 0 Å². The Labute approximate surface area is 118 Å². The average molecular weight is 273 g/mol. The summed E-state index contributed by atoms with van der Waals surface area (Å²) in [4.78, 5) is 14.1. The Morgan fingerprint density at radius 2 is 1.68 bits per heavy atom. The Balaban J connectivity index is 5.27. The molecule has 0 aromatic heterocycles. The van der Waals surface area contributed by atoms with Gasteiger partial charge in [0.1, 0.15) is 5.60 Å². The van der Waals surface area contributed by atoms with Crippen molar-refractivity contribution < 1.29 is 14.6 Å². The van der Waals surface area contributed by atoms with Gasteiger partial charge in [-0.25, -0.2) is 4.79 Å². The Morgan fingerprint density at radius 1 is 1.21 bits per heavy atom. The van der Waals surface area contributed by atoms with Crippen molar-refractivity contribution in [3.63, 3.8) is 0 Å². The molecule has 1 amide bonds. The van der Waals surface area contributed by atoms with Crippen molar-refractivity contribution in [2.45, 2.75) is 79.0 Å². The molecular formula is C15H31NO3. The van der Waals surface area contributed by atoms with Crippen LogP contribution in [0.1, 0.15) is 61.8 Å². The first kappa shape index (κ1) is 18.2. The molecule has 1 N–H and O–H groups in total. The molecule has 0 bridgehead atoms. The highest BCUT2D eigenvalue weighted by Gasteiger charge is 2.37. The van der Waals surface area contributed by atoms with Crippen LogP contribution in [0.5, 0.6) is 0 Å². The van der Waals surface area contributed by atoms with Crippen molar-refractivity contribution in [1.29, 1.82) is 0 Å². The van der Waals surface area contributed by atoms with Crippen LogP contribution in [0.4, 0.5) is 4.79 Å². The van der Waals surface area contributed by atoms with Crippen LogP contribution in [-0.4, -0.2) is 39.9 Å². The molecule has 0 aliphatic rings. The van der Waals surface area contributed by atoms with Crippen LogP contribution in [-0.2, 0) is 4.74 Å². The first-order valence-electron chi connectivity index (χ1n) is 7.07. The number of ether oxygens (including phenoxy) is 1. The lowest BCUT2D eigenvalue weighted by Crippen LogP contribution is -2.56. The second-order valence-electron chi connectivity index (χ2n) is 7.16. The molecule has 2 atom stereocenters. The molecule has 0 radical (unpaired) electrons. The number of hydrogen-bond acceptors (Lipinski definition) is 3. The molecule has 0 saturated carbocycles. The molecule has 0 aromatic rings. The Kier molecular flexibility index (Phi) is 6.33. The highest BCUT2D eigenvalue weighted by molar-refractivity contribution is 5.69. The second-order valence-corrected chi connectivity index (χ2v) is 7.16. The summed E-state index contributed by atoms with van der Waals surface area (Å²) in [6.07, 6.45) is 0.542. The lowest BCUT2D eigenvalue weighted by atomic mass is 9.94. The van der Waals surface area contributed by atoms with E-state index in [-0.39, 0.29) is 30.2 Å². The zero-order valence-electron chi connectivity index (χ0n) is 13.8. The Morgan fingerprint density at radius 3 is 1.95 bits per heavy atom. The number of carbonyl (C=O) groups excluding carboxylic acids is 1. The minimum atomic E-state index is -0.532. The maximum absolute atomic E-state index is 12.4. The van der Waals surface area contributed by atoms with Gasteiger partial charge in [-0.05, 0) is 47.5 Å². The highest BCUT2D eigenvalue weighted by atomic mass is 16.6. The maximum atomic E-state index is 12.4. The molecule has 114 valence electrons. The van der Waals surface area contributed by atoms with Crippen LogP contribution in [0.15, 0.2) is 0 Å². The molecule has 0 aromatic carbocycles. The molecule has 0 saturated heterocycles. The zero-order chi connectivity index (χ0) is 15.4. The molecule has 0 fully saturated rings. The van der Waals surface area contributed by atoms with E-state index in [9.17, 15) is 9.90 Å². The largest absolute Gasteiger partial charge is 0.444 e. The second kappa shape index (κ2) is 6.60. The van der Waals surface area contributed by atoms with Crippen LogP contribution in [0, 0.1) is 5.92 Å². The van der Waals surface area contributed by atoms with Crippen molar-refractivity contribution in [3.05, 3.63) is 0 Å². The number of nitrogens with zero attached hydrogens (tertiary/aromatic N) is 1. The molecule has 4 heteroatoms. The van der Waals surface area contributed by atoms with E-state index in [4.69, 9.17) is 4.74 Å². The van der Waals surface area contributed by atoms with E-state index < -0.39 is 5.60 Å². The predicted octanol–water partition coefficient (Wildman–Crippen LogP) is 3.43. The van der Waals surface area contributed by atoms with Crippen LogP contribution in [0.25, 0.3) is 0 Å². The van der Waals surface area contributed by atoms with E-state index in [0.29, 0.717) is 0 Å². The summed E-state index contributed by atoms with van der Waals surface area (Å²) < 4.78 is 5.48. The molecule has 19 heavy (non-hydrogen) atoms. The van der Waals surface area contributed by atoms with E-state index in [1.165, 1.54) is 0 Å². The first-order chi connectivity index (χ1) is 8.44. The van der Waals surface area contributed by atoms with Gasteiger partial charge in [0.05, 0.1) is 12.6 Å². The molecule has 0 rings (SSSR count). The van der Waals surface area contributed by atoms with Gasteiger partial charge in [-0.3, -0.25) is 4.90 Å². The molecule has 4 nitrogen and oxygen atoms in total. The fraction of sp³-hybridized carbons (Fsp3) is 0.933. The van der Waals surface area contributed by atoms with E-state index in [2.05, 4.69) is 6.92 Å². The van der Waals surface area contributed by atoms with Gasteiger partial charge in [0, 0.05) is 5.54 Å². The number of amides is 1. The van der Waals surface area contributed by atoms with Crippen molar-refractivity contribution in [2.24, 2.45) is 5.92 Å². The number of hydrogen-bond donors (Lipinski definition) is 1. The third kappa shape index (κ3) is 5.81. The van der Waals surface area contributed by atoms with Gasteiger partial charge < -0.3 is 9.84 Å². The quantitative estimate of drug-likeness (QED) is 0.853. The summed E-state index contributed by atoms with van der Waals surface area (Å²) in [5.74, 6) is 0.219. The minimum Gasteiger partial charge on any atom is -0.444 e. The van der Waals surface area contributed by atoms with Crippen LogP contribution < -0.4 is 0 Å². The van der Waals surface area contributed by atoms with Crippen molar-refractivity contribution >= 4 is 6.09 Å². The van der Waals surface area contributed by atoms with Gasteiger partial charge in [-0.15, -0.1) is 0 Å². The fourth-order valence-corrected chi connectivity index (χ4v) is 2.01. The standard InChI is InChI=1S/C15H31NO3/c1-9-11(2)12(10-17)16(14(3,4)5)13(18)19-15(6,7)8/h11-12,17H,9-10H2,1-8H3/t11-,12+/m0/s1. The number of aliphatic hydroxyl groups excluding tert-OH is 1. The minimum absolute atomic E-state index is 0.0501. The average Bonchev–Trinajstić information content (AvgIpc) is 2.19. The summed E-state index contributed by atoms with van der Waals surface area (Å²) in [5.41, 5.74) is -0.921. The summed E-state index contributed by atoms with van der Waals surface area (Å²) in [6.45, 7) is 15.5. The summed E-state index contributed by atoms with van der Waals surface area (Å²) >= 11 is 0. The SMILES string of the molecule is CC[C@H](C)[C@@H](CO)N(C(=O)OC(C)(C)C)C(C)(C)C. The third-order valence-corrected chi connectivity index (χ3v) is 3.13. The lowest BCUT2D eigenvalue weighted by Gasteiger charge is -2.43. The molecule has 0 spiro atoms. The summed E-state index contributed by atoms with van der Waals surface area (Å²) in [5, 5.41) is 9.66. The van der Waals surface area contributed by atoms with E-state index >= 15 is 0 Å². The first-order valence-corrected chi connectivity index (χ1v) is 7.07. The van der Waals surface area contributed by atoms with Crippen LogP contribution in [0.2, 0.25) is 0 Å². The number of rotatable bonds is 4. The van der Waals surface area contributed by atoms with E-state index in [1.807, 2.05) is 48.5 Å². The van der Waals surface area contributed by atoms with Crippen LogP contribution in [0.3, 0.4) is 0 Å². The maximum Gasteiger partial charge on any atom is 0.411 e. The van der Waals surface area contributed by atoms with Gasteiger partial charge >= 0.3 is 6.09 Å². The van der Waals surface area contributed by atoms with E-state index in [0.717, 1.165) is 6.42 Å². The number of aliphatic hydroxyl groups is 1. The van der Waals surface area contributed by atoms with Gasteiger partial charge in [0.2, 0.25) is 0 Å². The van der Waals surface area contributed by atoms with Gasteiger partial charge in [0.15, 0.2) is 0 Å². The van der Waals surface area contributed by atoms with Crippen molar-refractivity contribution in [2.75, 3.05) is 6.61 Å². The molecular weight excluding hydrogens is 242 g/mol. The monoisotopic (exact) mass is 273 g/mol. The van der Waals surface area contributed by atoms with Crippen molar-refractivity contribution in [1.82, 2.24) is 4.90 Å². The van der Waals surface area contributed by atoms with E-state index in [1.54, 1.807) is 4.90 Å². The Bertz CT molecular complexity index is 289. The Hall–Kier alpha value is -0.770. The topological polar surface area (TPSA) is 49.8 Å². The van der Waals surface area contributed by atoms with Crippen LogP contribution >= 0.6 is 0 Å². The summed E-state index contributed by atoms with van der Waals surface area (Å²) in [6, 6.07) is -0.222. The van der Waals surface area contributed by atoms with Gasteiger partial charge in [-0.1, -0.05) is 20.3 Å². The fourth-order valence-electron chi connectivity index (χ4n) is 2.01. The normalized spacial score (nSPS) is 15.8. The molecule has 0 heterocycles. The zero-order valence-corrected chi connectivity index (χ0v) is 13.8. The summed E-state index contributed by atoms with van der Waals surface area (Å²) in [7, 11) is 0. The smallest absolute Gasteiger partial charge is 0.411 e. The molecule has 0 aliphatic carbocycles. The third-order valence-electron chi connectivity index (χ3n) is 3.13. The predicted molar refractivity (Wildman–Crippen MR) is 78.2 cm³/mol. The van der Waals surface area contributed by atoms with Gasteiger partial charge in [0.25, 0.3) is 0 Å². The highest BCUT2D eigenvalue weighted by Crippen LogP contribution is 2.26. The molecule has 0 unspecified atom stereocenters. The van der Waals surface area contributed by atoms with Crippen molar-refractivity contribution in [3.8, 4) is 0 Å². The lowest BCUT2D eigenvalue weighted by molar-refractivity contribution is -0.0269. The number of carbonyl (C=O) groups is 1. The molecule has 0 aliphatic heterocycles.